The van der Waals surface area contributed by atoms with Gasteiger partial charge >= 0.3 is 6.09 Å². The van der Waals surface area contributed by atoms with Crippen LogP contribution in [0.3, 0.4) is 0 Å². The number of nitrogens with zero attached hydrogens (tertiary/aromatic N) is 4. The minimum Gasteiger partial charge on any atom is -0.508 e. The van der Waals surface area contributed by atoms with Gasteiger partial charge in [-0.25, -0.2) is 15.2 Å². The number of aromatic hydroxyl groups is 1. The van der Waals surface area contributed by atoms with Crippen molar-refractivity contribution in [3.8, 4) is 5.75 Å². The van der Waals surface area contributed by atoms with Gasteiger partial charge in [0.15, 0.2) is 5.78 Å². The second-order valence-corrected chi connectivity index (χ2v) is 23.3. The van der Waals surface area contributed by atoms with Crippen LogP contribution in [0.4, 0.5) is 4.79 Å². The SMILES string of the molecule is CCCO[C@H](C[C@H](C(C)C)N(CCC)CC(=O)[C@@H](NC(=O)[C@H]1CCCCN1C)[C@@H](C)CC)c1nc(C(=O)N[C@@H](Cc2ccc(O)cc2)C[C@H](C)C(=O)NNC(=O)OCCOCCOCCOCCNC(=O)CCCCCN2C(=O)C=CC2=O)cs1. The monoisotopic (exact) mass is 1210 g/mol. The number of phenolic OH excluding ortho intramolecular Hbond substituents is 1. The van der Waals surface area contributed by atoms with Crippen LogP contribution in [0.15, 0.2) is 41.8 Å². The third-order valence-corrected chi connectivity index (χ3v) is 16.1. The summed E-state index contributed by atoms with van der Waals surface area (Å²) >= 11 is 1.33. The maximum Gasteiger partial charge on any atom is 0.426 e. The molecule has 1 aromatic heterocycles. The van der Waals surface area contributed by atoms with Crippen LogP contribution in [0.5, 0.6) is 5.75 Å². The number of amides is 7. The van der Waals surface area contributed by atoms with Crippen LogP contribution in [-0.4, -0.2) is 189 Å². The van der Waals surface area contributed by atoms with Crippen LogP contribution >= 0.6 is 11.3 Å². The van der Waals surface area contributed by atoms with Gasteiger partial charge in [-0.1, -0.05) is 79.9 Å². The number of ketones is 1. The van der Waals surface area contributed by atoms with Gasteiger partial charge in [0.1, 0.15) is 29.2 Å². The predicted molar refractivity (Wildman–Crippen MR) is 322 cm³/mol. The lowest BCUT2D eigenvalue weighted by molar-refractivity contribution is -0.137. The number of benzene rings is 1. The van der Waals surface area contributed by atoms with E-state index in [2.05, 4.69) is 57.4 Å². The average molecular weight is 1210 g/mol. The van der Waals surface area contributed by atoms with Gasteiger partial charge in [-0.15, -0.1) is 11.3 Å². The van der Waals surface area contributed by atoms with E-state index in [1.807, 2.05) is 27.8 Å². The topological polar surface area (TPSA) is 286 Å². The summed E-state index contributed by atoms with van der Waals surface area (Å²) in [6.45, 7) is 18.4. The van der Waals surface area contributed by atoms with E-state index in [9.17, 15) is 43.5 Å². The van der Waals surface area contributed by atoms with Crippen molar-refractivity contribution in [2.24, 2.45) is 17.8 Å². The molecule has 2 aliphatic rings. The number of hydrogen-bond donors (Lipinski definition) is 6. The number of carbonyl (C=O) groups excluding carboxylic acids is 8. The summed E-state index contributed by atoms with van der Waals surface area (Å²) in [5.41, 5.74) is 5.65. The lowest BCUT2D eigenvalue weighted by Gasteiger charge is -2.37. The van der Waals surface area contributed by atoms with Crippen LogP contribution in [0.1, 0.15) is 153 Å². The first kappa shape index (κ1) is 71.6. The molecule has 1 saturated heterocycles. The largest absolute Gasteiger partial charge is 0.508 e. The number of phenols is 1. The molecule has 1 fully saturated rings. The molecule has 0 radical (unpaired) electrons. The Balaban J connectivity index is 1.21. The van der Waals surface area contributed by atoms with Crippen molar-refractivity contribution in [2.75, 3.05) is 92.6 Å². The van der Waals surface area contributed by atoms with E-state index in [0.717, 1.165) is 57.1 Å². The fraction of sp³-hybridized carbons (Fsp3) is 0.689. The molecule has 3 heterocycles. The normalized spacial score (nSPS) is 16.6. The van der Waals surface area contributed by atoms with Crippen molar-refractivity contribution in [1.82, 2.24) is 46.5 Å². The van der Waals surface area contributed by atoms with Crippen LogP contribution in [0.25, 0.3) is 0 Å². The molecule has 476 valence electrons. The zero-order valence-electron chi connectivity index (χ0n) is 51.5. The number of unbranched alkanes of at least 4 members (excludes halogenated alkanes) is 2. The van der Waals surface area contributed by atoms with Crippen molar-refractivity contribution < 1.29 is 67.1 Å². The molecule has 7 amide bonds. The highest BCUT2D eigenvalue weighted by molar-refractivity contribution is 7.09. The summed E-state index contributed by atoms with van der Waals surface area (Å²) in [6.07, 6.45) is 9.61. The molecule has 2 aliphatic heterocycles. The zero-order chi connectivity index (χ0) is 62.1. The quantitative estimate of drug-likeness (QED) is 0.0260. The highest BCUT2D eigenvalue weighted by atomic mass is 32.1. The maximum absolute atomic E-state index is 14.4. The Morgan fingerprint density at radius 1 is 0.812 bits per heavy atom. The summed E-state index contributed by atoms with van der Waals surface area (Å²) < 4.78 is 28.1. The fourth-order valence-electron chi connectivity index (χ4n) is 10.1. The number of carbonyl (C=O) groups is 8. The lowest BCUT2D eigenvalue weighted by Crippen LogP contribution is -2.56. The lowest BCUT2D eigenvalue weighted by atomic mass is 9.91. The molecule has 0 spiro atoms. The van der Waals surface area contributed by atoms with Crippen molar-refractivity contribution >= 4 is 58.7 Å². The summed E-state index contributed by atoms with van der Waals surface area (Å²) in [7, 11) is 1.97. The van der Waals surface area contributed by atoms with Crippen LogP contribution in [0, 0.1) is 17.8 Å². The number of thiazole rings is 1. The maximum atomic E-state index is 14.4. The van der Waals surface area contributed by atoms with E-state index >= 15 is 0 Å². The first-order valence-electron chi connectivity index (χ1n) is 30.5. The number of Topliss-reactive ketones (excluding diaryl/α,β-unsaturated/α-hetero) is 1. The Bertz CT molecular complexity index is 2390. The van der Waals surface area contributed by atoms with E-state index in [4.69, 9.17) is 28.7 Å². The average Bonchev–Trinajstić information content (AvgIpc) is 4.36. The number of hydrazine groups is 1. The molecule has 7 atom stereocenters. The van der Waals surface area contributed by atoms with E-state index in [-0.39, 0.29) is 104 Å². The Morgan fingerprint density at radius 3 is 2.14 bits per heavy atom. The number of likely N-dealkylation sites (tertiary alicyclic amines) is 1. The van der Waals surface area contributed by atoms with Gasteiger partial charge in [0.05, 0.1) is 58.3 Å². The second kappa shape index (κ2) is 39.7. The summed E-state index contributed by atoms with van der Waals surface area (Å²) in [5, 5.41) is 21.3. The number of likely N-dealkylation sites (N-methyl/N-ethyl adjacent to an activating group) is 1. The number of hydrogen-bond acceptors (Lipinski definition) is 18. The number of rotatable bonds is 42. The molecule has 2 aromatic rings. The first-order valence-corrected chi connectivity index (χ1v) is 31.4. The zero-order valence-corrected chi connectivity index (χ0v) is 52.3. The van der Waals surface area contributed by atoms with Gasteiger partial charge in [-0.05, 0) is 107 Å². The molecular formula is C61H97N9O14S. The Labute approximate surface area is 506 Å². The van der Waals surface area contributed by atoms with Crippen LogP contribution in [0.2, 0.25) is 0 Å². The van der Waals surface area contributed by atoms with Crippen molar-refractivity contribution in [2.45, 2.75) is 162 Å². The van der Waals surface area contributed by atoms with Gasteiger partial charge in [0, 0.05) is 61.7 Å². The Hall–Kier alpha value is -5.89. The van der Waals surface area contributed by atoms with Gasteiger partial charge in [-0.2, -0.15) is 0 Å². The standard InChI is InChI=1S/C61H97N9O14S/c1-9-26-69(40-51(72)56(43(6)11-3)65-59(78)49-17-14-16-27-68(49)8)50(42(4)5)39-52(83-29-10-2)60-64-48(41-85-60)58(77)63-46(38-45-19-21-47(71)22-20-45)37-44(7)57(76)66-67-61(79)84-36-35-82-34-33-81-32-31-80-30-25-62-53(73)18-13-12-15-28-70-54(74)23-24-55(70)75/h19-24,41-44,46,49-50,52,56,71H,9-18,25-40H2,1-8H3,(H,62,73)(H,63,77)(H,65,78)(H,66,76)(H,67,79)/t43-,44-,46+,49+,50+,52+,56-/m0/s1. The van der Waals surface area contributed by atoms with Crippen molar-refractivity contribution in [1.29, 1.82) is 0 Å². The third-order valence-electron chi connectivity index (χ3n) is 15.1. The highest BCUT2D eigenvalue weighted by Crippen LogP contribution is 2.31. The Kier molecular flexibility index (Phi) is 33.5. The number of imide groups is 1. The number of nitrogens with one attached hydrogen (secondary N) is 5. The molecule has 4 rings (SSSR count). The third kappa shape index (κ3) is 26.3. The van der Waals surface area contributed by atoms with E-state index < -0.39 is 42.0 Å². The summed E-state index contributed by atoms with van der Waals surface area (Å²) in [5.74, 6) is -2.31. The van der Waals surface area contributed by atoms with E-state index in [0.29, 0.717) is 83.2 Å². The van der Waals surface area contributed by atoms with Gasteiger partial charge in [0.25, 0.3) is 17.7 Å². The Morgan fingerprint density at radius 2 is 1.49 bits per heavy atom. The predicted octanol–water partition coefficient (Wildman–Crippen LogP) is 5.80. The molecule has 24 heteroatoms. The van der Waals surface area contributed by atoms with Crippen molar-refractivity contribution in [3.63, 3.8) is 0 Å². The van der Waals surface area contributed by atoms with Crippen LogP contribution in [-0.2, 0) is 58.9 Å². The number of piperidine rings is 1. The van der Waals surface area contributed by atoms with Crippen LogP contribution < -0.4 is 26.8 Å². The number of aromatic nitrogens is 1. The molecule has 6 N–H and O–H groups in total. The summed E-state index contributed by atoms with van der Waals surface area (Å²) in [4.78, 5) is 113. The van der Waals surface area contributed by atoms with E-state index in [1.54, 1.807) is 36.6 Å². The molecule has 23 nitrogen and oxygen atoms in total. The van der Waals surface area contributed by atoms with Gasteiger partial charge in [0.2, 0.25) is 17.7 Å². The van der Waals surface area contributed by atoms with E-state index in [1.165, 1.54) is 28.4 Å². The molecular weight excluding hydrogens is 1110 g/mol. The minimum absolute atomic E-state index is 0.0157. The fourth-order valence-corrected chi connectivity index (χ4v) is 11.0. The number of ether oxygens (including phenoxy) is 5. The molecule has 0 saturated carbocycles. The molecule has 1 aromatic carbocycles. The molecule has 0 bridgehead atoms. The van der Waals surface area contributed by atoms with Gasteiger partial charge in [-0.3, -0.25) is 53.7 Å². The first-order chi connectivity index (χ1) is 40.8. The molecule has 0 aliphatic carbocycles. The second-order valence-electron chi connectivity index (χ2n) is 22.4. The molecule has 0 unspecified atom stereocenters. The minimum atomic E-state index is -0.892. The molecule has 85 heavy (non-hydrogen) atoms. The highest BCUT2D eigenvalue weighted by Gasteiger charge is 2.36. The summed E-state index contributed by atoms with van der Waals surface area (Å²) in [6, 6.07) is 5.04. The van der Waals surface area contributed by atoms with Gasteiger partial charge < -0.3 is 44.7 Å². The smallest absolute Gasteiger partial charge is 0.426 e. The van der Waals surface area contributed by atoms with Crippen molar-refractivity contribution in [3.05, 3.63) is 58.1 Å².